The first-order chi connectivity index (χ1) is 27.2. The molecule has 0 saturated heterocycles. The van der Waals surface area contributed by atoms with Gasteiger partial charge >= 0.3 is 0 Å². The monoisotopic (exact) mass is 728 g/mol. The highest BCUT2D eigenvalue weighted by molar-refractivity contribution is 5.80. The van der Waals surface area contributed by atoms with Crippen LogP contribution < -0.4 is 9.80 Å². The van der Waals surface area contributed by atoms with E-state index >= 15 is 0 Å². The maximum absolute atomic E-state index is 2.32. The van der Waals surface area contributed by atoms with Crippen LogP contribution in [-0.2, 0) is 0 Å². The summed E-state index contributed by atoms with van der Waals surface area (Å²) in [6.45, 7) is 13.2. The molecule has 0 aliphatic carbocycles. The zero-order chi connectivity index (χ0) is 39.0. The van der Waals surface area contributed by atoms with Crippen molar-refractivity contribution in [3.63, 3.8) is 0 Å². The van der Waals surface area contributed by atoms with E-state index in [2.05, 4.69) is 246 Å². The van der Waals surface area contributed by atoms with E-state index in [0.29, 0.717) is 11.8 Å². The molecule has 0 atom stereocenters. The van der Waals surface area contributed by atoms with Crippen molar-refractivity contribution < 1.29 is 0 Å². The summed E-state index contributed by atoms with van der Waals surface area (Å²) in [5.41, 5.74) is 16.7. The summed E-state index contributed by atoms with van der Waals surface area (Å²) in [5.74, 6) is 1.00. The van der Waals surface area contributed by atoms with Crippen molar-refractivity contribution in [2.24, 2.45) is 0 Å². The number of rotatable bonds is 12. The Morgan fingerprint density at radius 2 is 0.482 bits per heavy atom. The lowest BCUT2D eigenvalue weighted by Crippen LogP contribution is -2.10. The van der Waals surface area contributed by atoms with Crippen molar-refractivity contribution in [1.29, 1.82) is 0 Å². The molecule has 0 unspecified atom stereocenters. The molecule has 0 heterocycles. The minimum Gasteiger partial charge on any atom is -0.311 e. The van der Waals surface area contributed by atoms with Crippen molar-refractivity contribution in [2.75, 3.05) is 9.80 Å². The summed E-state index contributed by atoms with van der Waals surface area (Å²) in [5, 5.41) is 0. The van der Waals surface area contributed by atoms with Gasteiger partial charge in [0, 0.05) is 34.1 Å². The SMILES string of the molecule is Cc1ccc(N(c2ccc(C=Cc3ccc(C=Cc4ccc(N(c5ccc(C)cc5)c5ccc(C(C)C)cc5)cc4)cc3)cc2)c2ccc(C(C)C)cc2)cc1. The highest BCUT2D eigenvalue weighted by atomic mass is 15.1. The van der Waals surface area contributed by atoms with Crippen LogP contribution in [0, 0.1) is 13.8 Å². The minimum absolute atomic E-state index is 0.501. The average Bonchev–Trinajstić information content (AvgIpc) is 3.22. The molecule has 0 spiro atoms. The lowest BCUT2D eigenvalue weighted by atomic mass is 10.0. The van der Waals surface area contributed by atoms with E-state index < -0.39 is 0 Å². The third-order valence-corrected chi connectivity index (χ3v) is 10.4. The molecule has 0 aromatic heterocycles. The summed E-state index contributed by atoms with van der Waals surface area (Å²) >= 11 is 0. The number of anilines is 6. The molecule has 2 heteroatoms. The molecule has 0 aliphatic rings. The third kappa shape index (κ3) is 9.28. The Kier molecular flexibility index (Phi) is 11.8. The molecule has 0 bridgehead atoms. The quantitative estimate of drug-likeness (QED) is 0.116. The van der Waals surface area contributed by atoms with E-state index in [1.165, 1.54) is 33.4 Å². The van der Waals surface area contributed by atoms with E-state index in [1.807, 2.05) is 0 Å². The second kappa shape index (κ2) is 17.4. The molecular formula is C54H52N2. The highest BCUT2D eigenvalue weighted by Gasteiger charge is 2.14. The van der Waals surface area contributed by atoms with Gasteiger partial charge in [-0.25, -0.2) is 0 Å². The average molecular weight is 729 g/mol. The predicted octanol–water partition coefficient (Wildman–Crippen LogP) is 15.8. The maximum Gasteiger partial charge on any atom is 0.0462 e. The smallest absolute Gasteiger partial charge is 0.0462 e. The van der Waals surface area contributed by atoms with Crippen LogP contribution in [0.4, 0.5) is 34.1 Å². The maximum atomic E-state index is 2.32. The van der Waals surface area contributed by atoms with Crippen molar-refractivity contribution >= 4 is 58.4 Å². The first-order valence-corrected chi connectivity index (χ1v) is 19.8. The van der Waals surface area contributed by atoms with E-state index in [0.717, 1.165) is 45.3 Å². The van der Waals surface area contributed by atoms with Crippen molar-refractivity contribution in [1.82, 2.24) is 0 Å². The molecule has 0 N–H and O–H groups in total. The summed E-state index contributed by atoms with van der Waals surface area (Å²) in [6, 6.07) is 61.7. The van der Waals surface area contributed by atoms with Gasteiger partial charge < -0.3 is 9.80 Å². The van der Waals surface area contributed by atoms with Gasteiger partial charge in [0.2, 0.25) is 0 Å². The lowest BCUT2D eigenvalue weighted by Gasteiger charge is -2.26. The molecule has 0 fully saturated rings. The van der Waals surface area contributed by atoms with Gasteiger partial charge in [0.1, 0.15) is 0 Å². The van der Waals surface area contributed by atoms with Gasteiger partial charge in [0.15, 0.2) is 0 Å². The number of hydrogen-bond donors (Lipinski definition) is 0. The fourth-order valence-corrected chi connectivity index (χ4v) is 6.87. The Balaban J connectivity index is 1.02. The standard InChI is InChI=1S/C54H52N2/c1-39(2)47-23-35-53(36-24-47)55(49-27-7-41(5)8-28-49)51-31-19-45(20-32-51)17-15-43-11-13-44(14-12-43)16-18-46-21-33-52(34-22-46)56(50-29-9-42(6)10-30-50)54-37-25-48(26-38-54)40(3)4/h7-40H,1-6H3. The van der Waals surface area contributed by atoms with Gasteiger partial charge in [0.25, 0.3) is 0 Å². The Morgan fingerprint density at radius 3 is 0.714 bits per heavy atom. The minimum atomic E-state index is 0.501. The molecule has 7 aromatic carbocycles. The van der Waals surface area contributed by atoms with Gasteiger partial charge in [-0.05, 0) is 132 Å². The molecule has 0 radical (unpaired) electrons. The topological polar surface area (TPSA) is 6.48 Å². The Morgan fingerprint density at radius 1 is 0.286 bits per heavy atom. The van der Waals surface area contributed by atoms with Crippen molar-refractivity contribution in [3.8, 4) is 0 Å². The zero-order valence-electron chi connectivity index (χ0n) is 33.5. The molecular weight excluding hydrogens is 677 g/mol. The Bertz CT molecular complexity index is 2190. The van der Waals surface area contributed by atoms with Gasteiger partial charge in [-0.2, -0.15) is 0 Å². The second-order valence-electron chi connectivity index (χ2n) is 15.4. The van der Waals surface area contributed by atoms with Crippen LogP contribution in [0.15, 0.2) is 170 Å². The summed E-state index contributed by atoms with van der Waals surface area (Å²) in [7, 11) is 0. The fourth-order valence-electron chi connectivity index (χ4n) is 6.87. The van der Waals surface area contributed by atoms with E-state index in [1.54, 1.807) is 0 Å². The largest absolute Gasteiger partial charge is 0.311 e. The molecule has 7 rings (SSSR count). The molecule has 56 heavy (non-hydrogen) atoms. The number of benzene rings is 7. The van der Waals surface area contributed by atoms with E-state index in [-0.39, 0.29) is 0 Å². The predicted molar refractivity (Wildman–Crippen MR) is 244 cm³/mol. The normalized spacial score (nSPS) is 11.6. The second-order valence-corrected chi connectivity index (χ2v) is 15.4. The van der Waals surface area contributed by atoms with Crippen molar-refractivity contribution in [2.45, 2.75) is 53.4 Å². The van der Waals surface area contributed by atoms with Crippen molar-refractivity contribution in [3.05, 3.63) is 214 Å². The third-order valence-electron chi connectivity index (χ3n) is 10.4. The number of nitrogens with zero attached hydrogens (tertiary/aromatic N) is 2. The van der Waals surface area contributed by atoms with Crippen LogP contribution in [0.3, 0.4) is 0 Å². The van der Waals surface area contributed by atoms with Gasteiger partial charge in [0.05, 0.1) is 0 Å². The fraction of sp³-hybridized carbons (Fsp3) is 0.148. The van der Waals surface area contributed by atoms with Crippen LogP contribution in [0.2, 0.25) is 0 Å². The van der Waals surface area contributed by atoms with E-state index in [9.17, 15) is 0 Å². The summed E-state index contributed by atoms with van der Waals surface area (Å²) < 4.78 is 0. The molecule has 7 aromatic rings. The van der Waals surface area contributed by atoms with Crippen LogP contribution >= 0.6 is 0 Å². The molecule has 278 valence electrons. The first-order valence-electron chi connectivity index (χ1n) is 19.8. The molecule has 0 aliphatic heterocycles. The Hall–Kier alpha value is -6.38. The summed E-state index contributed by atoms with van der Waals surface area (Å²) in [6.07, 6.45) is 8.73. The number of aryl methyl sites for hydroxylation is 2. The summed E-state index contributed by atoms with van der Waals surface area (Å²) in [4.78, 5) is 4.65. The van der Waals surface area contributed by atoms with E-state index in [4.69, 9.17) is 0 Å². The lowest BCUT2D eigenvalue weighted by molar-refractivity contribution is 0.866. The molecule has 0 saturated carbocycles. The van der Waals surface area contributed by atoms with Crippen LogP contribution in [-0.4, -0.2) is 0 Å². The van der Waals surface area contributed by atoms with Crippen LogP contribution in [0.25, 0.3) is 24.3 Å². The van der Waals surface area contributed by atoms with Gasteiger partial charge in [-0.3, -0.25) is 0 Å². The number of hydrogen-bond acceptors (Lipinski definition) is 2. The Labute approximate surface area is 334 Å². The van der Waals surface area contributed by atoms with Crippen LogP contribution in [0.5, 0.6) is 0 Å². The van der Waals surface area contributed by atoms with Gasteiger partial charge in [-0.1, -0.05) is 160 Å². The van der Waals surface area contributed by atoms with Gasteiger partial charge in [-0.15, -0.1) is 0 Å². The highest BCUT2D eigenvalue weighted by Crippen LogP contribution is 2.37. The molecule has 0 amide bonds. The first kappa shape index (κ1) is 37.9. The zero-order valence-corrected chi connectivity index (χ0v) is 33.5. The molecule has 2 nitrogen and oxygen atoms in total. The van der Waals surface area contributed by atoms with Crippen LogP contribution in [0.1, 0.15) is 84.0 Å².